The standard InChI is InChI=1S/C16H22N6O2S/c1-4-5-7-22-14-12(15(23)18-16(22)24)21(8-6-10(2)3)13(17-14)11-9-25-20-19-11/h9-10H,4-8H2,1-3H3,(H,18,23,24). The molecule has 3 rings (SSSR count). The van der Waals surface area contributed by atoms with E-state index in [9.17, 15) is 9.59 Å². The van der Waals surface area contributed by atoms with Gasteiger partial charge in [0.1, 0.15) is 5.69 Å². The van der Waals surface area contributed by atoms with Crippen LogP contribution in [0, 0.1) is 5.92 Å². The fourth-order valence-corrected chi connectivity index (χ4v) is 3.19. The van der Waals surface area contributed by atoms with E-state index in [-0.39, 0.29) is 0 Å². The Morgan fingerprint density at radius 1 is 1.24 bits per heavy atom. The Hall–Kier alpha value is -2.29. The fourth-order valence-electron chi connectivity index (χ4n) is 2.76. The summed E-state index contributed by atoms with van der Waals surface area (Å²) < 4.78 is 7.32. The quantitative estimate of drug-likeness (QED) is 0.695. The second-order valence-corrected chi connectivity index (χ2v) is 7.11. The van der Waals surface area contributed by atoms with Crippen molar-refractivity contribution in [1.82, 2.24) is 28.7 Å². The summed E-state index contributed by atoms with van der Waals surface area (Å²) in [5.41, 5.74) is 0.660. The van der Waals surface area contributed by atoms with Gasteiger partial charge in [-0.1, -0.05) is 31.7 Å². The minimum Gasteiger partial charge on any atom is -0.317 e. The molecule has 0 unspecified atom stereocenters. The van der Waals surface area contributed by atoms with Crippen molar-refractivity contribution in [3.8, 4) is 11.5 Å². The lowest BCUT2D eigenvalue weighted by atomic mass is 10.1. The van der Waals surface area contributed by atoms with Crippen molar-refractivity contribution >= 4 is 22.7 Å². The lowest BCUT2D eigenvalue weighted by Gasteiger charge is -2.09. The highest BCUT2D eigenvalue weighted by Crippen LogP contribution is 2.23. The molecule has 3 aromatic rings. The average molecular weight is 362 g/mol. The molecule has 134 valence electrons. The molecule has 8 nitrogen and oxygen atoms in total. The van der Waals surface area contributed by atoms with Gasteiger partial charge in [-0.25, -0.2) is 9.78 Å². The number of H-pyrrole nitrogens is 1. The van der Waals surface area contributed by atoms with E-state index in [1.54, 1.807) is 9.95 Å². The third-order valence-corrected chi connectivity index (χ3v) is 4.64. The molecule has 3 heterocycles. The van der Waals surface area contributed by atoms with Crippen LogP contribution in [0.25, 0.3) is 22.7 Å². The lowest BCUT2D eigenvalue weighted by Crippen LogP contribution is -2.31. The van der Waals surface area contributed by atoms with Gasteiger partial charge in [-0.2, -0.15) is 0 Å². The zero-order valence-electron chi connectivity index (χ0n) is 14.7. The first kappa shape index (κ1) is 17.5. The molecule has 0 atom stereocenters. The van der Waals surface area contributed by atoms with Crippen LogP contribution in [0.2, 0.25) is 0 Å². The second kappa shape index (κ2) is 7.30. The summed E-state index contributed by atoms with van der Waals surface area (Å²) >= 11 is 1.23. The van der Waals surface area contributed by atoms with Gasteiger partial charge in [0, 0.05) is 18.5 Å². The second-order valence-electron chi connectivity index (χ2n) is 6.50. The smallest absolute Gasteiger partial charge is 0.317 e. The molecule has 0 aromatic carbocycles. The van der Waals surface area contributed by atoms with Crippen molar-refractivity contribution < 1.29 is 0 Å². The van der Waals surface area contributed by atoms with Crippen molar-refractivity contribution in [1.29, 1.82) is 0 Å². The van der Waals surface area contributed by atoms with Gasteiger partial charge in [0.05, 0.1) is 0 Å². The normalized spacial score (nSPS) is 11.7. The van der Waals surface area contributed by atoms with Crippen LogP contribution in [0.15, 0.2) is 15.0 Å². The Morgan fingerprint density at radius 3 is 2.68 bits per heavy atom. The first-order chi connectivity index (χ1) is 12.0. The third-order valence-electron chi connectivity index (χ3n) is 4.14. The van der Waals surface area contributed by atoms with E-state index in [0.29, 0.717) is 41.7 Å². The van der Waals surface area contributed by atoms with Crippen molar-refractivity contribution in [2.24, 2.45) is 5.92 Å². The summed E-state index contributed by atoms with van der Waals surface area (Å²) in [6, 6.07) is 0. The number of hydrogen-bond donors (Lipinski definition) is 1. The van der Waals surface area contributed by atoms with Crippen LogP contribution >= 0.6 is 11.5 Å². The van der Waals surface area contributed by atoms with Crippen molar-refractivity contribution in [2.75, 3.05) is 0 Å². The molecule has 0 radical (unpaired) electrons. The Kier molecular flexibility index (Phi) is 5.12. The van der Waals surface area contributed by atoms with E-state index in [0.717, 1.165) is 19.3 Å². The number of nitrogens with one attached hydrogen (secondary N) is 1. The lowest BCUT2D eigenvalue weighted by molar-refractivity contribution is 0.524. The van der Waals surface area contributed by atoms with E-state index in [1.807, 2.05) is 4.57 Å². The van der Waals surface area contributed by atoms with Crippen LogP contribution in [0.3, 0.4) is 0 Å². The van der Waals surface area contributed by atoms with Crippen molar-refractivity contribution in [2.45, 2.75) is 53.1 Å². The number of aromatic nitrogens is 6. The largest absolute Gasteiger partial charge is 0.330 e. The summed E-state index contributed by atoms with van der Waals surface area (Å²) in [7, 11) is 0. The summed E-state index contributed by atoms with van der Waals surface area (Å²) in [6.07, 6.45) is 2.68. The van der Waals surface area contributed by atoms with E-state index < -0.39 is 11.2 Å². The molecule has 9 heteroatoms. The SMILES string of the molecule is CCCCn1c(=O)[nH]c(=O)c2c1nc(-c1csnn1)n2CCC(C)C. The molecule has 1 N–H and O–H groups in total. The molecule has 0 fully saturated rings. The molecule has 0 bridgehead atoms. The Labute approximate surface area is 148 Å². The van der Waals surface area contributed by atoms with Crippen LogP contribution in [-0.2, 0) is 13.1 Å². The number of unbranched alkanes of at least 4 members (excludes halogenated alkanes) is 1. The van der Waals surface area contributed by atoms with Crippen LogP contribution in [-0.4, -0.2) is 28.7 Å². The third kappa shape index (κ3) is 3.41. The zero-order chi connectivity index (χ0) is 18.0. The summed E-state index contributed by atoms with van der Waals surface area (Å²) in [5.74, 6) is 1.06. The molecular formula is C16H22N6O2S. The number of fused-ring (bicyclic) bond motifs is 1. The minimum atomic E-state index is -0.414. The maximum Gasteiger partial charge on any atom is 0.330 e. The molecule has 0 aliphatic rings. The van der Waals surface area contributed by atoms with E-state index in [2.05, 4.69) is 40.3 Å². The summed E-state index contributed by atoms with van der Waals surface area (Å²) in [6.45, 7) is 7.48. The molecule has 25 heavy (non-hydrogen) atoms. The average Bonchev–Trinajstić information content (AvgIpc) is 3.20. The van der Waals surface area contributed by atoms with Crippen molar-refractivity contribution in [3.05, 3.63) is 26.2 Å². The number of nitrogens with zero attached hydrogens (tertiary/aromatic N) is 5. The number of imidazole rings is 1. The predicted molar refractivity (Wildman–Crippen MR) is 97.9 cm³/mol. The van der Waals surface area contributed by atoms with Crippen LogP contribution in [0.4, 0.5) is 0 Å². The van der Waals surface area contributed by atoms with Gasteiger partial charge in [-0.3, -0.25) is 14.3 Å². The van der Waals surface area contributed by atoms with Gasteiger partial charge in [0.2, 0.25) is 0 Å². The Morgan fingerprint density at radius 2 is 2.04 bits per heavy atom. The maximum atomic E-state index is 12.5. The first-order valence-electron chi connectivity index (χ1n) is 8.53. The van der Waals surface area contributed by atoms with E-state index in [4.69, 9.17) is 0 Å². The maximum absolute atomic E-state index is 12.5. The summed E-state index contributed by atoms with van der Waals surface area (Å²) in [5, 5.41) is 5.90. The van der Waals surface area contributed by atoms with Gasteiger partial charge in [-0.05, 0) is 30.3 Å². The molecule has 0 saturated carbocycles. The highest BCUT2D eigenvalue weighted by molar-refractivity contribution is 7.03. The topological polar surface area (TPSA) is 98.5 Å². The summed E-state index contributed by atoms with van der Waals surface area (Å²) in [4.78, 5) is 31.8. The first-order valence-corrected chi connectivity index (χ1v) is 9.37. The van der Waals surface area contributed by atoms with Crippen LogP contribution in [0.1, 0.15) is 40.0 Å². The van der Waals surface area contributed by atoms with E-state index in [1.165, 1.54) is 11.5 Å². The van der Waals surface area contributed by atoms with Gasteiger partial charge < -0.3 is 4.57 Å². The predicted octanol–water partition coefficient (Wildman–Crippen LogP) is 2.25. The van der Waals surface area contributed by atoms with Gasteiger partial charge in [0.25, 0.3) is 5.56 Å². The highest BCUT2D eigenvalue weighted by atomic mass is 32.1. The van der Waals surface area contributed by atoms with E-state index >= 15 is 0 Å². The van der Waals surface area contributed by atoms with Gasteiger partial charge >= 0.3 is 5.69 Å². The molecule has 0 aliphatic heterocycles. The molecule has 0 aliphatic carbocycles. The molecule has 0 amide bonds. The Bertz CT molecular complexity index is 967. The van der Waals surface area contributed by atoms with Crippen LogP contribution < -0.4 is 11.2 Å². The molecule has 0 spiro atoms. The Balaban J connectivity index is 2.26. The highest BCUT2D eigenvalue weighted by Gasteiger charge is 2.20. The fraction of sp³-hybridized carbons (Fsp3) is 0.562. The number of hydrogen-bond acceptors (Lipinski definition) is 6. The monoisotopic (exact) mass is 362 g/mol. The molecule has 3 aromatic heterocycles. The molecular weight excluding hydrogens is 340 g/mol. The van der Waals surface area contributed by atoms with Gasteiger partial charge in [0.15, 0.2) is 17.0 Å². The number of aryl methyl sites for hydroxylation is 2. The number of aromatic amines is 1. The van der Waals surface area contributed by atoms with Crippen molar-refractivity contribution in [3.63, 3.8) is 0 Å². The number of rotatable bonds is 7. The van der Waals surface area contributed by atoms with Crippen LogP contribution in [0.5, 0.6) is 0 Å². The van der Waals surface area contributed by atoms with Gasteiger partial charge in [-0.15, -0.1) is 5.10 Å². The minimum absolute atomic E-state index is 0.404. The zero-order valence-corrected chi connectivity index (χ0v) is 15.5. The molecule has 0 saturated heterocycles.